The second-order valence-corrected chi connectivity index (χ2v) is 4.55. The quantitative estimate of drug-likeness (QED) is 0.896. The summed E-state index contributed by atoms with van der Waals surface area (Å²) in [7, 11) is 1.44. The second kappa shape index (κ2) is 5.42. The summed E-state index contributed by atoms with van der Waals surface area (Å²) in [5.41, 5.74) is 2.72. The predicted octanol–water partition coefficient (Wildman–Crippen LogP) is 2.01. The average Bonchev–Trinajstić information content (AvgIpc) is 2.48. The molecule has 6 heteroatoms. The van der Waals surface area contributed by atoms with Crippen molar-refractivity contribution < 1.29 is 9.13 Å². The van der Waals surface area contributed by atoms with Gasteiger partial charge in [-0.05, 0) is 25.1 Å². The number of fused-ring (bicyclic) bond motifs is 1. The highest BCUT2D eigenvalue weighted by atomic mass is 19.1. The standard InChI is InChI=1S/C14H15FN4O/c1-20-13-3-2-9(6-11(13)15)19-14-10-4-5-16-7-12(10)17-8-18-14/h2-3,6,8,16H,4-5,7H2,1H3,(H,17,18,19). The van der Waals surface area contributed by atoms with E-state index in [1.807, 2.05) is 0 Å². The van der Waals surface area contributed by atoms with Crippen molar-refractivity contribution in [2.75, 3.05) is 19.0 Å². The number of nitrogens with zero attached hydrogens (tertiary/aromatic N) is 2. The SMILES string of the molecule is COc1ccc(Nc2ncnc3c2CCNC3)cc1F. The van der Waals surface area contributed by atoms with Crippen LogP contribution in [-0.4, -0.2) is 23.6 Å². The molecule has 0 aliphatic carbocycles. The summed E-state index contributed by atoms with van der Waals surface area (Å²) >= 11 is 0. The highest BCUT2D eigenvalue weighted by molar-refractivity contribution is 5.61. The topological polar surface area (TPSA) is 59.1 Å². The van der Waals surface area contributed by atoms with Crippen LogP contribution in [0.3, 0.4) is 0 Å². The molecule has 1 aliphatic rings. The summed E-state index contributed by atoms with van der Waals surface area (Å²) < 4.78 is 18.6. The van der Waals surface area contributed by atoms with E-state index < -0.39 is 5.82 Å². The fraction of sp³-hybridized carbons (Fsp3) is 0.286. The first kappa shape index (κ1) is 12.8. The summed E-state index contributed by atoms with van der Waals surface area (Å²) in [5, 5.41) is 6.41. The van der Waals surface area contributed by atoms with Crippen LogP contribution in [0, 0.1) is 5.82 Å². The molecule has 0 unspecified atom stereocenters. The molecular weight excluding hydrogens is 259 g/mol. The summed E-state index contributed by atoms with van der Waals surface area (Å²) in [6, 6.07) is 4.75. The van der Waals surface area contributed by atoms with Gasteiger partial charge in [-0.15, -0.1) is 0 Å². The molecular formula is C14H15FN4O. The third-order valence-corrected chi connectivity index (χ3v) is 3.29. The molecule has 2 heterocycles. The van der Waals surface area contributed by atoms with Crippen molar-refractivity contribution in [3.05, 3.63) is 41.6 Å². The van der Waals surface area contributed by atoms with Crippen molar-refractivity contribution in [3.63, 3.8) is 0 Å². The molecule has 0 saturated heterocycles. The lowest BCUT2D eigenvalue weighted by atomic mass is 10.1. The number of ether oxygens (including phenoxy) is 1. The van der Waals surface area contributed by atoms with Crippen LogP contribution in [0.15, 0.2) is 24.5 Å². The van der Waals surface area contributed by atoms with E-state index in [4.69, 9.17) is 4.74 Å². The Morgan fingerprint density at radius 3 is 3.05 bits per heavy atom. The van der Waals surface area contributed by atoms with E-state index in [2.05, 4.69) is 20.6 Å². The van der Waals surface area contributed by atoms with E-state index in [1.54, 1.807) is 12.1 Å². The zero-order chi connectivity index (χ0) is 13.9. The van der Waals surface area contributed by atoms with Crippen LogP contribution in [0.4, 0.5) is 15.9 Å². The number of anilines is 2. The van der Waals surface area contributed by atoms with Crippen molar-refractivity contribution in [1.29, 1.82) is 0 Å². The zero-order valence-electron chi connectivity index (χ0n) is 11.1. The predicted molar refractivity (Wildman–Crippen MR) is 73.7 cm³/mol. The normalized spacial score (nSPS) is 13.7. The number of benzene rings is 1. The molecule has 5 nitrogen and oxygen atoms in total. The van der Waals surface area contributed by atoms with Crippen molar-refractivity contribution in [3.8, 4) is 5.75 Å². The minimum Gasteiger partial charge on any atom is -0.494 e. The molecule has 0 atom stereocenters. The van der Waals surface area contributed by atoms with Crippen molar-refractivity contribution in [2.45, 2.75) is 13.0 Å². The third kappa shape index (κ3) is 2.42. The molecule has 1 aliphatic heterocycles. The third-order valence-electron chi connectivity index (χ3n) is 3.29. The van der Waals surface area contributed by atoms with E-state index in [1.165, 1.54) is 19.5 Å². The summed E-state index contributed by atoms with van der Waals surface area (Å²) in [4.78, 5) is 8.51. The summed E-state index contributed by atoms with van der Waals surface area (Å²) in [6.45, 7) is 1.63. The van der Waals surface area contributed by atoms with Gasteiger partial charge >= 0.3 is 0 Å². The molecule has 0 amide bonds. The van der Waals surface area contributed by atoms with Crippen molar-refractivity contribution in [2.24, 2.45) is 0 Å². The first-order valence-electron chi connectivity index (χ1n) is 6.42. The van der Waals surface area contributed by atoms with Gasteiger partial charge in [0.25, 0.3) is 0 Å². The second-order valence-electron chi connectivity index (χ2n) is 4.55. The molecule has 1 aromatic carbocycles. The van der Waals surface area contributed by atoms with Crippen LogP contribution >= 0.6 is 0 Å². The van der Waals surface area contributed by atoms with Gasteiger partial charge in [0.05, 0.1) is 12.8 Å². The Kier molecular flexibility index (Phi) is 3.47. The maximum absolute atomic E-state index is 13.7. The van der Waals surface area contributed by atoms with Gasteiger partial charge in [-0.1, -0.05) is 0 Å². The van der Waals surface area contributed by atoms with Gasteiger partial charge in [-0.3, -0.25) is 0 Å². The Bertz CT molecular complexity index is 633. The van der Waals surface area contributed by atoms with Crippen LogP contribution < -0.4 is 15.4 Å². The maximum atomic E-state index is 13.7. The Morgan fingerprint density at radius 2 is 2.25 bits per heavy atom. The minimum absolute atomic E-state index is 0.226. The van der Waals surface area contributed by atoms with Crippen LogP contribution in [0.25, 0.3) is 0 Å². The van der Waals surface area contributed by atoms with Gasteiger partial charge in [0, 0.05) is 23.9 Å². The first-order valence-corrected chi connectivity index (χ1v) is 6.42. The largest absolute Gasteiger partial charge is 0.494 e. The molecule has 0 fully saturated rings. The van der Waals surface area contributed by atoms with Gasteiger partial charge in [0.1, 0.15) is 12.1 Å². The van der Waals surface area contributed by atoms with Gasteiger partial charge in [0.2, 0.25) is 0 Å². The smallest absolute Gasteiger partial charge is 0.167 e. The highest BCUT2D eigenvalue weighted by Crippen LogP contribution is 2.26. The molecule has 1 aromatic heterocycles. The van der Waals surface area contributed by atoms with E-state index in [-0.39, 0.29) is 5.75 Å². The van der Waals surface area contributed by atoms with E-state index in [0.717, 1.165) is 36.6 Å². The fourth-order valence-electron chi connectivity index (χ4n) is 2.27. The van der Waals surface area contributed by atoms with E-state index in [0.29, 0.717) is 5.69 Å². The van der Waals surface area contributed by atoms with Gasteiger partial charge in [0.15, 0.2) is 11.6 Å². The lowest BCUT2D eigenvalue weighted by molar-refractivity contribution is 0.386. The number of halogens is 1. The van der Waals surface area contributed by atoms with Crippen LogP contribution in [-0.2, 0) is 13.0 Å². The van der Waals surface area contributed by atoms with Crippen molar-refractivity contribution in [1.82, 2.24) is 15.3 Å². The minimum atomic E-state index is -0.401. The molecule has 104 valence electrons. The molecule has 0 saturated carbocycles. The van der Waals surface area contributed by atoms with Gasteiger partial charge < -0.3 is 15.4 Å². The van der Waals surface area contributed by atoms with Crippen LogP contribution in [0.5, 0.6) is 5.75 Å². The number of aromatic nitrogens is 2. The summed E-state index contributed by atoms with van der Waals surface area (Å²) in [6.07, 6.45) is 2.38. The molecule has 0 radical (unpaired) electrons. The lowest BCUT2D eigenvalue weighted by Gasteiger charge is -2.19. The Balaban J connectivity index is 1.90. The zero-order valence-corrected chi connectivity index (χ0v) is 11.1. The number of rotatable bonds is 3. The molecule has 0 bridgehead atoms. The van der Waals surface area contributed by atoms with E-state index in [9.17, 15) is 4.39 Å². The number of hydrogen-bond acceptors (Lipinski definition) is 5. The van der Waals surface area contributed by atoms with Gasteiger partial charge in [-0.2, -0.15) is 0 Å². The molecule has 20 heavy (non-hydrogen) atoms. The maximum Gasteiger partial charge on any atom is 0.167 e. The monoisotopic (exact) mass is 274 g/mol. The van der Waals surface area contributed by atoms with Crippen LogP contribution in [0.2, 0.25) is 0 Å². The van der Waals surface area contributed by atoms with E-state index >= 15 is 0 Å². The Hall–Kier alpha value is -2.21. The number of nitrogens with one attached hydrogen (secondary N) is 2. The van der Waals surface area contributed by atoms with Gasteiger partial charge in [-0.25, -0.2) is 14.4 Å². The average molecular weight is 274 g/mol. The number of hydrogen-bond donors (Lipinski definition) is 2. The van der Waals surface area contributed by atoms with Crippen molar-refractivity contribution >= 4 is 11.5 Å². The molecule has 2 aromatic rings. The van der Waals surface area contributed by atoms with Crippen LogP contribution in [0.1, 0.15) is 11.3 Å². The Morgan fingerprint density at radius 1 is 1.35 bits per heavy atom. The Labute approximate surface area is 116 Å². The number of methoxy groups -OCH3 is 1. The molecule has 3 rings (SSSR count). The summed E-state index contributed by atoms with van der Waals surface area (Å²) in [5.74, 6) is 0.563. The first-order chi connectivity index (χ1) is 9.78. The molecule has 0 spiro atoms. The molecule has 2 N–H and O–H groups in total. The lowest BCUT2D eigenvalue weighted by Crippen LogP contribution is -2.25. The highest BCUT2D eigenvalue weighted by Gasteiger charge is 2.15. The fourth-order valence-corrected chi connectivity index (χ4v) is 2.27.